The molecular formula is C30H26N4O2. The van der Waals surface area contributed by atoms with Crippen molar-refractivity contribution in [3.63, 3.8) is 0 Å². The Labute approximate surface area is 208 Å². The van der Waals surface area contributed by atoms with Crippen LogP contribution in [0.15, 0.2) is 106 Å². The first kappa shape index (κ1) is 22.0. The van der Waals surface area contributed by atoms with E-state index in [2.05, 4.69) is 11.1 Å². The predicted octanol–water partition coefficient (Wildman–Crippen LogP) is 5.20. The molecule has 0 N–H and O–H groups in total. The molecule has 3 heterocycles. The van der Waals surface area contributed by atoms with E-state index in [1.807, 2.05) is 96.7 Å². The van der Waals surface area contributed by atoms with Gasteiger partial charge in [-0.3, -0.25) is 19.3 Å². The van der Waals surface area contributed by atoms with E-state index < -0.39 is 0 Å². The smallest absolute Gasteiger partial charge is 0.281 e. The highest BCUT2D eigenvalue weighted by Crippen LogP contribution is 2.34. The second-order valence-corrected chi connectivity index (χ2v) is 9.21. The molecule has 2 aromatic heterocycles. The lowest BCUT2D eigenvalue weighted by Crippen LogP contribution is -2.24. The molecule has 1 unspecified atom stereocenters. The quantitative estimate of drug-likeness (QED) is 0.340. The van der Waals surface area contributed by atoms with Gasteiger partial charge in [-0.1, -0.05) is 66.7 Å². The van der Waals surface area contributed by atoms with Crippen LogP contribution in [0.4, 0.5) is 5.69 Å². The minimum Gasteiger partial charge on any atom is -0.312 e. The van der Waals surface area contributed by atoms with Crippen LogP contribution in [0.5, 0.6) is 0 Å². The minimum absolute atomic E-state index is 0.102. The van der Waals surface area contributed by atoms with Crippen LogP contribution in [0.2, 0.25) is 0 Å². The van der Waals surface area contributed by atoms with Crippen molar-refractivity contribution < 1.29 is 0 Å². The number of benzene rings is 3. The van der Waals surface area contributed by atoms with E-state index in [0.29, 0.717) is 29.7 Å². The van der Waals surface area contributed by atoms with E-state index >= 15 is 0 Å². The Balaban J connectivity index is 1.46. The molecule has 3 aromatic carbocycles. The van der Waals surface area contributed by atoms with Crippen LogP contribution in [-0.2, 0) is 13.1 Å². The summed E-state index contributed by atoms with van der Waals surface area (Å²) in [6.07, 6.45) is 2.70. The van der Waals surface area contributed by atoms with Gasteiger partial charge in [0.25, 0.3) is 11.1 Å². The summed E-state index contributed by atoms with van der Waals surface area (Å²) >= 11 is 0. The first-order valence-corrected chi connectivity index (χ1v) is 12.2. The Bertz CT molecular complexity index is 1710. The van der Waals surface area contributed by atoms with Crippen molar-refractivity contribution in [1.82, 2.24) is 13.9 Å². The number of hydrogen-bond donors (Lipinski definition) is 0. The highest BCUT2D eigenvalue weighted by Gasteiger charge is 2.22. The number of nitrogens with zero attached hydrogens (tertiary/aromatic N) is 4. The molecule has 6 rings (SSSR count). The Morgan fingerprint density at radius 3 is 2.33 bits per heavy atom. The third-order valence-electron chi connectivity index (χ3n) is 7.04. The molecule has 0 radical (unpaired) electrons. The summed E-state index contributed by atoms with van der Waals surface area (Å²) in [5.74, 6) is 0.159. The van der Waals surface area contributed by atoms with E-state index in [-0.39, 0.29) is 17.0 Å². The number of aliphatic imine (C=N–C) groups is 1. The predicted molar refractivity (Wildman–Crippen MR) is 144 cm³/mol. The molecule has 0 saturated carbocycles. The van der Waals surface area contributed by atoms with Crippen LogP contribution in [0.1, 0.15) is 29.2 Å². The van der Waals surface area contributed by atoms with Crippen molar-refractivity contribution in [3.05, 3.63) is 129 Å². The normalized spacial score (nSPS) is 14.4. The molecule has 0 fully saturated rings. The molecule has 6 nitrogen and oxygen atoms in total. The van der Waals surface area contributed by atoms with Crippen molar-refractivity contribution in [1.29, 1.82) is 0 Å². The molecule has 1 aliphatic rings. The summed E-state index contributed by atoms with van der Waals surface area (Å²) in [4.78, 5) is 31.7. The zero-order chi connectivity index (χ0) is 24.6. The van der Waals surface area contributed by atoms with Gasteiger partial charge in [0.15, 0.2) is 0 Å². The lowest BCUT2D eigenvalue weighted by Gasteiger charge is -2.15. The maximum Gasteiger partial charge on any atom is 0.281 e. The van der Waals surface area contributed by atoms with E-state index in [0.717, 1.165) is 23.4 Å². The Hall–Kier alpha value is -4.45. The van der Waals surface area contributed by atoms with Crippen LogP contribution in [0.25, 0.3) is 16.6 Å². The highest BCUT2D eigenvalue weighted by molar-refractivity contribution is 5.82. The molecule has 36 heavy (non-hydrogen) atoms. The van der Waals surface area contributed by atoms with Crippen molar-refractivity contribution >= 4 is 22.8 Å². The highest BCUT2D eigenvalue weighted by atomic mass is 16.1. The topological polar surface area (TPSA) is 61.3 Å². The molecule has 1 atom stereocenters. The summed E-state index contributed by atoms with van der Waals surface area (Å²) < 4.78 is 5.34. The number of pyridine rings is 1. The molecule has 0 aliphatic carbocycles. The summed E-state index contributed by atoms with van der Waals surface area (Å²) in [6.45, 7) is 2.87. The Morgan fingerprint density at radius 1 is 0.861 bits per heavy atom. The van der Waals surface area contributed by atoms with Gasteiger partial charge in [-0.15, -0.1) is 0 Å². The molecular weight excluding hydrogens is 448 g/mol. The van der Waals surface area contributed by atoms with E-state index in [1.165, 1.54) is 5.56 Å². The number of aromatic nitrogens is 3. The van der Waals surface area contributed by atoms with E-state index in [1.54, 1.807) is 15.3 Å². The zero-order valence-electron chi connectivity index (χ0n) is 20.0. The number of aryl methyl sites for hydroxylation is 1. The molecule has 0 amide bonds. The van der Waals surface area contributed by atoms with Crippen LogP contribution in [-0.4, -0.2) is 20.1 Å². The average Bonchev–Trinajstić information content (AvgIpc) is 3.43. The SMILES string of the molecule is Cc1c2c(=O)n(-c3ccccc3)n(Cc3ccccc3)c2cc(=O)n1CCC1C=Nc2ccccc21. The summed E-state index contributed by atoms with van der Waals surface area (Å²) in [7, 11) is 0. The van der Waals surface area contributed by atoms with Crippen LogP contribution >= 0.6 is 0 Å². The molecule has 6 heteroatoms. The summed E-state index contributed by atoms with van der Waals surface area (Å²) in [6, 6.07) is 29.3. The van der Waals surface area contributed by atoms with Crippen molar-refractivity contribution in [2.24, 2.45) is 4.99 Å². The summed E-state index contributed by atoms with van der Waals surface area (Å²) in [5, 5.41) is 0.579. The molecule has 1 aliphatic heterocycles. The fourth-order valence-corrected chi connectivity index (χ4v) is 5.23. The number of para-hydroxylation sites is 2. The monoisotopic (exact) mass is 474 g/mol. The van der Waals surface area contributed by atoms with Crippen molar-refractivity contribution in [3.8, 4) is 5.69 Å². The first-order valence-electron chi connectivity index (χ1n) is 12.2. The van der Waals surface area contributed by atoms with E-state index in [4.69, 9.17) is 0 Å². The summed E-state index contributed by atoms with van der Waals surface area (Å²) in [5.41, 5.74) is 5.13. The molecule has 5 aromatic rings. The van der Waals surface area contributed by atoms with Gasteiger partial charge in [0, 0.05) is 30.4 Å². The molecule has 0 bridgehead atoms. The van der Waals surface area contributed by atoms with Gasteiger partial charge in [-0.05, 0) is 42.7 Å². The van der Waals surface area contributed by atoms with Crippen molar-refractivity contribution in [2.45, 2.75) is 32.4 Å². The minimum atomic E-state index is -0.119. The number of rotatable bonds is 6. The molecule has 0 spiro atoms. The number of fused-ring (bicyclic) bond motifs is 2. The van der Waals surface area contributed by atoms with Gasteiger partial charge in [0.2, 0.25) is 0 Å². The van der Waals surface area contributed by atoms with Crippen LogP contribution in [0, 0.1) is 6.92 Å². The van der Waals surface area contributed by atoms with E-state index in [9.17, 15) is 9.59 Å². The molecule has 178 valence electrons. The van der Waals surface area contributed by atoms with Crippen LogP contribution < -0.4 is 11.1 Å². The molecule has 0 saturated heterocycles. The van der Waals surface area contributed by atoms with Gasteiger partial charge in [0.1, 0.15) is 0 Å². The fourth-order valence-electron chi connectivity index (χ4n) is 5.23. The maximum absolute atomic E-state index is 13.9. The maximum atomic E-state index is 13.9. The van der Waals surface area contributed by atoms with Crippen LogP contribution in [0.3, 0.4) is 0 Å². The third kappa shape index (κ3) is 3.71. The van der Waals surface area contributed by atoms with Gasteiger partial charge in [-0.2, -0.15) is 0 Å². The Morgan fingerprint density at radius 2 is 1.56 bits per heavy atom. The lowest BCUT2D eigenvalue weighted by atomic mass is 9.98. The second kappa shape index (κ2) is 8.96. The van der Waals surface area contributed by atoms with Gasteiger partial charge >= 0.3 is 0 Å². The third-order valence-corrected chi connectivity index (χ3v) is 7.04. The Kier molecular flexibility index (Phi) is 5.49. The first-order chi connectivity index (χ1) is 17.6. The van der Waals surface area contributed by atoms with Gasteiger partial charge in [0.05, 0.1) is 28.8 Å². The van der Waals surface area contributed by atoms with Gasteiger partial charge in [-0.25, -0.2) is 4.68 Å². The standard InChI is InChI=1S/C30H26N4O2/c1-21-29-27(18-28(35)32(21)17-16-23-19-31-26-15-9-8-14-25(23)26)33(20-22-10-4-2-5-11-22)34(30(29)36)24-12-6-3-7-13-24/h2-15,18-19,23H,16-17,20H2,1H3. The average molecular weight is 475 g/mol. The van der Waals surface area contributed by atoms with Gasteiger partial charge < -0.3 is 4.57 Å². The van der Waals surface area contributed by atoms with Crippen molar-refractivity contribution in [2.75, 3.05) is 0 Å². The second-order valence-electron chi connectivity index (χ2n) is 9.21. The fraction of sp³-hybridized carbons (Fsp3) is 0.167. The largest absolute Gasteiger partial charge is 0.312 e. The number of hydrogen-bond acceptors (Lipinski definition) is 3. The lowest BCUT2D eigenvalue weighted by molar-refractivity contribution is 0.597. The zero-order valence-corrected chi connectivity index (χ0v) is 20.0.